The van der Waals surface area contributed by atoms with Crippen LogP contribution in [-0.2, 0) is 0 Å². The lowest BCUT2D eigenvalue weighted by molar-refractivity contribution is 1.26. The van der Waals surface area contributed by atoms with Crippen molar-refractivity contribution < 1.29 is 0 Å². The van der Waals surface area contributed by atoms with E-state index in [0.717, 1.165) is 6.42 Å². The third-order valence-electron chi connectivity index (χ3n) is 0.775. The molecule has 0 aromatic rings. The number of nitrogens with one attached hydrogen (secondary N) is 2. The number of rotatable bonds is 3. The van der Waals surface area contributed by atoms with Crippen LogP contribution in [0, 0.1) is 10.8 Å². The molecule has 0 aromatic heterocycles. The third kappa shape index (κ3) is 3.28. The first kappa shape index (κ1) is 7.08. The van der Waals surface area contributed by atoms with Gasteiger partial charge in [0.25, 0.3) is 0 Å². The van der Waals surface area contributed by atoms with E-state index in [1.165, 1.54) is 6.21 Å². The molecule has 0 aliphatic heterocycles. The molecular weight excluding hydrogens is 100 g/mol. The summed E-state index contributed by atoms with van der Waals surface area (Å²) in [5.41, 5.74) is 0.563. The molecule has 0 aromatic carbocycles. The van der Waals surface area contributed by atoms with Crippen molar-refractivity contribution in [2.75, 3.05) is 0 Å². The normalized spacial score (nSPS) is 9.62. The van der Waals surface area contributed by atoms with Gasteiger partial charge in [-0.25, -0.2) is 0 Å². The van der Waals surface area contributed by atoms with Crippen LogP contribution >= 0.6 is 0 Å². The van der Waals surface area contributed by atoms with E-state index in [4.69, 9.17) is 10.8 Å². The lowest BCUT2D eigenvalue weighted by Crippen LogP contribution is -1.84. The third-order valence-corrected chi connectivity index (χ3v) is 0.775. The second-order valence-corrected chi connectivity index (χ2v) is 1.40. The summed E-state index contributed by atoms with van der Waals surface area (Å²) in [7, 11) is 0. The maximum absolute atomic E-state index is 7.05. The van der Waals surface area contributed by atoms with E-state index in [2.05, 4.69) is 0 Å². The van der Waals surface area contributed by atoms with Crippen molar-refractivity contribution in [2.24, 2.45) is 0 Å². The van der Waals surface area contributed by atoms with Crippen LogP contribution in [0.4, 0.5) is 0 Å². The van der Waals surface area contributed by atoms with Gasteiger partial charge in [0, 0.05) is 11.9 Å². The van der Waals surface area contributed by atoms with Crippen molar-refractivity contribution in [2.45, 2.75) is 13.3 Å². The lowest BCUT2D eigenvalue weighted by atomic mass is 10.3. The van der Waals surface area contributed by atoms with Crippen LogP contribution in [0.25, 0.3) is 0 Å². The van der Waals surface area contributed by atoms with Crippen molar-refractivity contribution >= 4 is 11.9 Å². The van der Waals surface area contributed by atoms with E-state index in [1.807, 2.05) is 6.92 Å². The Hall–Kier alpha value is -0.920. The molecule has 0 aliphatic carbocycles. The van der Waals surface area contributed by atoms with Gasteiger partial charge in [-0.05, 0) is 18.6 Å². The maximum atomic E-state index is 7.05. The summed E-state index contributed by atoms with van der Waals surface area (Å²) in [6, 6.07) is 0. The summed E-state index contributed by atoms with van der Waals surface area (Å²) in [5, 5.41) is 13.6. The summed E-state index contributed by atoms with van der Waals surface area (Å²) in [5.74, 6) is 0. The Balaban J connectivity index is 3.52. The molecule has 0 saturated carbocycles. The van der Waals surface area contributed by atoms with Crippen molar-refractivity contribution in [1.29, 1.82) is 10.8 Å². The van der Waals surface area contributed by atoms with Gasteiger partial charge in [0.1, 0.15) is 0 Å². The van der Waals surface area contributed by atoms with Crippen molar-refractivity contribution in [3.63, 3.8) is 0 Å². The number of hydrogen-bond donors (Lipinski definition) is 2. The molecule has 0 bridgehead atoms. The molecule has 44 valence electrons. The van der Waals surface area contributed by atoms with E-state index in [0.29, 0.717) is 5.71 Å². The zero-order valence-electron chi connectivity index (χ0n) is 4.94. The van der Waals surface area contributed by atoms with Crippen LogP contribution in [0.2, 0.25) is 0 Å². The molecule has 0 radical (unpaired) electrons. The minimum atomic E-state index is 0.563. The predicted octanol–water partition coefficient (Wildman–Crippen LogP) is 1.62. The minimum absolute atomic E-state index is 0.563. The molecule has 2 N–H and O–H groups in total. The molecule has 0 heterocycles. The first-order valence-electron chi connectivity index (χ1n) is 2.55. The number of allylic oxidation sites excluding steroid dienone is 2. The van der Waals surface area contributed by atoms with E-state index in [1.54, 1.807) is 12.2 Å². The van der Waals surface area contributed by atoms with Gasteiger partial charge in [-0.2, -0.15) is 0 Å². The highest BCUT2D eigenvalue weighted by Gasteiger charge is 1.79. The van der Waals surface area contributed by atoms with Crippen LogP contribution < -0.4 is 0 Å². The Labute approximate surface area is 49.2 Å². The Morgan fingerprint density at radius 3 is 2.62 bits per heavy atom. The SMILES string of the molecule is CCC(=N)C=CC=N. The molecule has 0 rings (SSSR count). The average molecular weight is 110 g/mol. The predicted molar refractivity (Wildman–Crippen MR) is 35.9 cm³/mol. The largest absolute Gasteiger partial charge is 0.309 e. The number of hydrogen-bond acceptors (Lipinski definition) is 2. The highest BCUT2D eigenvalue weighted by Crippen LogP contribution is 1.81. The highest BCUT2D eigenvalue weighted by atomic mass is 14.4. The van der Waals surface area contributed by atoms with Gasteiger partial charge in [-0.3, -0.25) is 0 Å². The van der Waals surface area contributed by atoms with Crippen molar-refractivity contribution in [3.05, 3.63) is 12.2 Å². The monoisotopic (exact) mass is 110 g/mol. The first-order valence-corrected chi connectivity index (χ1v) is 2.55. The zero-order chi connectivity index (χ0) is 6.41. The molecular formula is C6H10N2. The molecule has 0 saturated heterocycles. The van der Waals surface area contributed by atoms with Gasteiger partial charge < -0.3 is 10.8 Å². The van der Waals surface area contributed by atoms with Crippen molar-refractivity contribution in [1.82, 2.24) is 0 Å². The average Bonchev–Trinajstić information content (AvgIpc) is 1.83. The van der Waals surface area contributed by atoms with Gasteiger partial charge in [-0.15, -0.1) is 0 Å². The van der Waals surface area contributed by atoms with Crippen LogP contribution in [0.3, 0.4) is 0 Å². The lowest BCUT2D eigenvalue weighted by Gasteiger charge is -1.83. The summed E-state index contributed by atoms with van der Waals surface area (Å²) < 4.78 is 0. The molecule has 0 unspecified atom stereocenters. The Bertz CT molecular complexity index is 114. The quantitative estimate of drug-likeness (QED) is 0.519. The molecule has 0 amide bonds. The van der Waals surface area contributed by atoms with Gasteiger partial charge in [0.05, 0.1) is 0 Å². The second kappa shape index (κ2) is 4.24. The smallest absolute Gasteiger partial charge is 0.0311 e. The maximum Gasteiger partial charge on any atom is 0.0311 e. The van der Waals surface area contributed by atoms with Crippen LogP contribution in [-0.4, -0.2) is 11.9 Å². The fraction of sp³-hybridized carbons (Fsp3) is 0.333. The van der Waals surface area contributed by atoms with Gasteiger partial charge in [0.2, 0.25) is 0 Å². The molecule has 2 heteroatoms. The summed E-state index contributed by atoms with van der Waals surface area (Å²) in [6.45, 7) is 1.91. The van der Waals surface area contributed by atoms with Crippen LogP contribution in [0.15, 0.2) is 12.2 Å². The van der Waals surface area contributed by atoms with Crippen LogP contribution in [0.1, 0.15) is 13.3 Å². The van der Waals surface area contributed by atoms with Crippen molar-refractivity contribution in [3.8, 4) is 0 Å². The molecule has 8 heavy (non-hydrogen) atoms. The van der Waals surface area contributed by atoms with E-state index >= 15 is 0 Å². The second-order valence-electron chi connectivity index (χ2n) is 1.40. The zero-order valence-corrected chi connectivity index (χ0v) is 4.94. The molecule has 0 fully saturated rings. The van der Waals surface area contributed by atoms with E-state index in [9.17, 15) is 0 Å². The minimum Gasteiger partial charge on any atom is -0.309 e. The Morgan fingerprint density at radius 2 is 2.25 bits per heavy atom. The summed E-state index contributed by atoms with van der Waals surface area (Å²) >= 11 is 0. The molecule has 0 spiro atoms. The highest BCUT2D eigenvalue weighted by molar-refractivity contribution is 5.94. The Kier molecular flexibility index (Phi) is 3.76. The first-order chi connectivity index (χ1) is 3.81. The molecule has 2 nitrogen and oxygen atoms in total. The van der Waals surface area contributed by atoms with Gasteiger partial charge >= 0.3 is 0 Å². The summed E-state index contributed by atoms with van der Waals surface area (Å²) in [6.07, 6.45) is 5.08. The van der Waals surface area contributed by atoms with Crippen LogP contribution in [0.5, 0.6) is 0 Å². The fourth-order valence-electron chi connectivity index (χ4n) is 0.282. The van der Waals surface area contributed by atoms with E-state index < -0.39 is 0 Å². The summed E-state index contributed by atoms with van der Waals surface area (Å²) in [4.78, 5) is 0. The fourth-order valence-corrected chi connectivity index (χ4v) is 0.282. The van der Waals surface area contributed by atoms with Gasteiger partial charge in [0.15, 0.2) is 0 Å². The molecule has 0 aliphatic rings. The molecule has 0 atom stereocenters. The van der Waals surface area contributed by atoms with E-state index in [-0.39, 0.29) is 0 Å². The van der Waals surface area contributed by atoms with Gasteiger partial charge in [-0.1, -0.05) is 6.92 Å². The Morgan fingerprint density at radius 1 is 1.62 bits per heavy atom. The standard InChI is InChI=1S/C6H10N2/c1-2-6(8)4-3-5-7/h3-5,7-8H,2H2,1H3. The topological polar surface area (TPSA) is 47.7 Å².